The first kappa shape index (κ1) is 23.5. The fourth-order valence-corrected chi connectivity index (χ4v) is 5.52. The monoisotopic (exact) mass is 487 g/mol. The van der Waals surface area contributed by atoms with Crippen LogP contribution in [0.1, 0.15) is 51.3 Å². The average molecular weight is 488 g/mol. The summed E-state index contributed by atoms with van der Waals surface area (Å²) >= 11 is 0. The average Bonchev–Trinajstić information content (AvgIpc) is 3.43. The molecule has 0 unspecified atom stereocenters. The summed E-state index contributed by atoms with van der Waals surface area (Å²) in [6.07, 6.45) is 2.89. The van der Waals surface area contributed by atoms with Crippen LogP contribution in [0.4, 0.5) is 0 Å². The summed E-state index contributed by atoms with van der Waals surface area (Å²) < 4.78 is 12.7. The molecule has 0 bridgehead atoms. The van der Waals surface area contributed by atoms with Crippen LogP contribution >= 0.6 is 0 Å². The minimum absolute atomic E-state index is 0.00279. The summed E-state index contributed by atoms with van der Waals surface area (Å²) in [5.41, 5.74) is 7.44. The lowest BCUT2D eigenvalue weighted by Crippen LogP contribution is -2.12. The van der Waals surface area contributed by atoms with Gasteiger partial charge in [-0.3, -0.25) is 4.98 Å². The Morgan fingerprint density at radius 1 is 0.838 bits per heavy atom. The number of hydrogen-bond acceptors (Lipinski definition) is 3. The van der Waals surface area contributed by atoms with Gasteiger partial charge >= 0.3 is 0 Å². The van der Waals surface area contributed by atoms with E-state index in [4.69, 9.17) is 13.8 Å². The van der Waals surface area contributed by atoms with Crippen molar-refractivity contribution >= 4 is 32.7 Å². The molecule has 186 valence electrons. The molecule has 0 aliphatic carbocycles. The van der Waals surface area contributed by atoms with Crippen molar-refractivity contribution < 1.29 is 8.83 Å². The third-order valence-corrected chi connectivity index (χ3v) is 7.23. The highest BCUT2D eigenvalue weighted by molar-refractivity contribution is 6.00. The third-order valence-electron chi connectivity index (χ3n) is 7.23. The number of aryl methyl sites for hydroxylation is 1. The first-order chi connectivity index (χ1) is 17.7. The van der Waals surface area contributed by atoms with E-state index in [1.54, 1.807) is 0 Å². The minimum Gasteiger partial charge on any atom is -0.453 e. The van der Waals surface area contributed by atoms with E-state index >= 15 is 0 Å². The topological polar surface area (TPSA) is 39.2 Å². The lowest BCUT2D eigenvalue weighted by atomic mass is 9.82. The van der Waals surface area contributed by atoms with Gasteiger partial charge in [-0.05, 0) is 83.0 Å². The molecule has 0 N–H and O–H groups in total. The predicted octanol–water partition coefficient (Wildman–Crippen LogP) is 9.87. The molecule has 37 heavy (non-hydrogen) atoms. The van der Waals surface area contributed by atoms with Gasteiger partial charge in [0.2, 0.25) is 0 Å². The molecule has 0 amide bonds. The smallest absolute Gasteiger partial charge is 0.173 e. The van der Waals surface area contributed by atoms with E-state index in [2.05, 4.69) is 102 Å². The lowest BCUT2D eigenvalue weighted by molar-refractivity contribution is 0.567. The molecule has 6 rings (SSSR count). The normalized spacial score (nSPS) is 12.4. The molecule has 3 aromatic carbocycles. The van der Waals surface area contributed by atoms with Crippen LogP contribution in [0.2, 0.25) is 0 Å². The van der Waals surface area contributed by atoms with Crippen LogP contribution in [0.3, 0.4) is 0 Å². The van der Waals surface area contributed by atoms with Gasteiger partial charge < -0.3 is 8.83 Å². The maximum absolute atomic E-state index is 6.42. The molecule has 0 saturated heterocycles. The van der Waals surface area contributed by atoms with Crippen LogP contribution < -0.4 is 0 Å². The number of fused-ring (bicyclic) bond motifs is 3. The highest BCUT2D eigenvalue weighted by Gasteiger charge is 2.23. The van der Waals surface area contributed by atoms with Gasteiger partial charge in [0.15, 0.2) is 11.5 Å². The zero-order valence-corrected chi connectivity index (χ0v) is 22.5. The Hall–Kier alpha value is -3.85. The van der Waals surface area contributed by atoms with Gasteiger partial charge in [0, 0.05) is 22.7 Å². The molecule has 3 heteroatoms. The zero-order valence-electron chi connectivity index (χ0n) is 22.5. The molecule has 0 saturated carbocycles. The van der Waals surface area contributed by atoms with Crippen LogP contribution in [0.15, 0.2) is 81.8 Å². The van der Waals surface area contributed by atoms with Crippen molar-refractivity contribution in [3.05, 3.63) is 89.6 Å². The molecule has 0 fully saturated rings. The van der Waals surface area contributed by atoms with Crippen LogP contribution in [-0.2, 0) is 11.8 Å². The maximum Gasteiger partial charge on any atom is 0.173 e. The summed E-state index contributed by atoms with van der Waals surface area (Å²) in [5, 5.41) is 4.65. The summed E-state index contributed by atoms with van der Waals surface area (Å²) in [4.78, 5) is 4.87. The zero-order chi connectivity index (χ0) is 25.9. The summed E-state index contributed by atoms with van der Waals surface area (Å²) in [7, 11) is 0. The number of hydrogen-bond donors (Lipinski definition) is 0. The van der Waals surface area contributed by atoms with E-state index < -0.39 is 0 Å². The second-order valence-electron chi connectivity index (χ2n) is 11.7. The van der Waals surface area contributed by atoms with E-state index in [-0.39, 0.29) is 5.41 Å². The van der Waals surface area contributed by atoms with Crippen molar-refractivity contribution in [1.82, 2.24) is 4.98 Å². The molecule has 6 aromatic rings. The summed E-state index contributed by atoms with van der Waals surface area (Å²) in [6.45, 7) is 13.4. The SMILES string of the molecule is Cc1c(-c2cc3cc(CC(C)C)ccc3o2)oc2ccnc(-c3cc(C(C)(C)C)c4ccccc4c3)c12. The summed E-state index contributed by atoms with van der Waals surface area (Å²) in [6, 6.07) is 23.7. The molecule has 0 spiro atoms. The third kappa shape index (κ3) is 4.13. The Bertz CT molecular complexity index is 1780. The van der Waals surface area contributed by atoms with Crippen molar-refractivity contribution in [2.45, 2.75) is 53.4 Å². The van der Waals surface area contributed by atoms with Crippen molar-refractivity contribution in [1.29, 1.82) is 0 Å². The van der Waals surface area contributed by atoms with E-state index in [1.807, 2.05) is 12.3 Å². The van der Waals surface area contributed by atoms with Gasteiger partial charge in [0.1, 0.15) is 11.2 Å². The van der Waals surface area contributed by atoms with E-state index in [0.717, 1.165) is 56.7 Å². The molecule has 0 aliphatic rings. The second kappa shape index (κ2) is 8.62. The fraction of sp³-hybridized carbons (Fsp3) is 0.265. The van der Waals surface area contributed by atoms with Crippen molar-refractivity contribution in [3.63, 3.8) is 0 Å². The number of furan rings is 2. The molecule has 3 heterocycles. The number of nitrogens with zero attached hydrogens (tertiary/aromatic N) is 1. The first-order valence-corrected chi connectivity index (χ1v) is 13.1. The summed E-state index contributed by atoms with van der Waals surface area (Å²) in [5.74, 6) is 2.13. The number of pyridine rings is 1. The van der Waals surface area contributed by atoms with Gasteiger partial charge in [-0.15, -0.1) is 0 Å². The Kier molecular flexibility index (Phi) is 5.49. The Morgan fingerprint density at radius 2 is 1.65 bits per heavy atom. The van der Waals surface area contributed by atoms with Crippen molar-refractivity contribution in [2.24, 2.45) is 5.92 Å². The van der Waals surface area contributed by atoms with Crippen LogP contribution in [0.5, 0.6) is 0 Å². The van der Waals surface area contributed by atoms with Crippen LogP contribution in [0, 0.1) is 12.8 Å². The van der Waals surface area contributed by atoms with E-state index in [0.29, 0.717) is 5.92 Å². The molecular formula is C34H33NO2. The standard InChI is InChI=1S/C34H33NO2/c1-20(2)15-22-11-12-28-24(16-22)19-30(36-28)33-21(3)31-29(37-33)13-14-35-32(31)25-17-23-9-7-8-10-26(23)27(18-25)34(4,5)6/h7-14,16-20H,15H2,1-6H3. The maximum atomic E-state index is 6.42. The predicted molar refractivity (Wildman–Crippen MR) is 154 cm³/mol. The van der Waals surface area contributed by atoms with E-state index in [1.165, 1.54) is 21.9 Å². The lowest BCUT2D eigenvalue weighted by Gasteiger charge is -2.22. The number of aromatic nitrogens is 1. The number of benzene rings is 3. The first-order valence-electron chi connectivity index (χ1n) is 13.1. The van der Waals surface area contributed by atoms with E-state index in [9.17, 15) is 0 Å². The van der Waals surface area contributed by atoms with Crippen LogP contribution in [0.25, 0.3) is 55.5 Å². The highest BCUT2D eigenvalue weighted by atomic mass is 16.4. The Balaban J connectivity index is 1.52. The largest absolute Gasteiger partial charge is 0.453 e. The van der Waals surface area contributed by atoms with Crippen molar-refractivity contribution in [3.8, 4) is 22.8 Å². The van der Waals surface area contributed by atoms with Gasteiger partial charge in [-0.2, -0.15) is 0 Å². The highest BCUT2D eigenvalue weighted by Crippen LogP contribution is 2.41. The van der Waals surface area contributed by atoms with Gasteiger partial charge in [0.25, 0.3) is 0 Å². The Morgan fingerprint density at radius 3 is 2.43 bits per heavy atom. The Labute approximate surface area is 218 Å². The molecular weight excluding hydrogens is 454 g/mol. The van der Waals surface area contributed by atoms with Gasteiger partial charge in [0.05, 0.1) is 11.1 Å². The minimum atomic E-state index is 0.00279. The molecule has 3 aromatic heterocycles. The quantitative estimate of drug-likeness (QED) is 0.248. The van der Waals surface area contributed by atoms with Crippen molar-refractivity contribution in [2.75, 3.05) is 0 Å². The molecule has 0 aliphatic heterocycles. The molecule has 0 atom stereocenters. The second-order valence-corrected chi connectivity index (χ2v) is 11.7. The van der Waals surface area contributed by atoms with Gasteiger partial charge in [-0.1, -0.05) is 65.0 Å². The molecule has 0 radical (unpaired) electrons. The van der Waals surface area contributed by atoms with Gasteiger partial charge in [-0.25, -0.2) is 0 Å². The van der Waals surface area contributed by atoms with Crippen LogP contribution in [-0.4, -0.2) is 4.98 Å². The fourth-order valence-electron chi connectivity index (χ4n) is 5.52. The molecule has 3 nitrogen and oxygen atoms in total. The number of rotatable bonds is 4.